The molecule has 0 radical (unpaired) electrons. The number of ether oxygens (including phenoxy) is 1. The number of carbonyl (C=O) groups excluding carboxylic acids is 1. The van der Waals surface area contributed by atoms with Crippen LogP contribution in [0.2, 0.25) is 0 Å². The van der Waals surface area contributed by atoms with Crippen molar-refractivity contribution in [1.82, 2.24) is 0 Å². The van der Waals surface area contributed by atoms with Gasteiger partial charge in [-0.1, -0.05) is 77.9 Å². The summed E-state index contributed by atoms with van der Waals surface area (Å²) in [5.74, 6) is 0. The number of anilines is 3. The van der Waals surface area contributed by atoms with E-state index < -0.39 is 0 Å². The molecule has 0 bridgehead atoms. The Kier molecular flexibility index (Phi) is 7.14. The van der Waals surface area contributed by atoms with Gasteiger partial charge in [0, 0.05) is 22.6 Å². The minimum Gasteiger partial charge on any atom is -0.496 e. The average Bonchev–Trinajstić information content (AvgIpc) is 2.93. The number of aldehydes is 1. The zero-order chi connectivity index (χ0) is 25.6. The number of fused-ring (bicyclic) bond motifs is 1. The fourth-order valence-electron chi connectivity index (χ4n) is 4.37. The average molecular weight is 484 g/mol. The van der Waals surface area contributed by atoms with E-state index in [1.54, 1.807) is 12.3 Å². The second-order valence-corrected chi connectivity index (χ2v) is 9.23. The summed E-state index contributed by atoms with van der Waals surface area (Å²) in [4.78, 5) is 13.5. The smallest absolute Gasteiger partial charge is 0.150 e. The molecule has 0 aromatic heterocycles. The summed E-state index contributed by atoms with van der Waals surface area (Å²) in [6.07, 6.45) is 4.49. The Morgan fingerprint density at radius 2 is 1.27 bits per heavy atom. The van der Waals surface area contributed by atoms with Crippen LogP contribution in [-0.4, -0.2) is 6.29 Å². The van der Waals surface area contributed by atoms with Gasteiger partial charge in [-0.05, 0) is 84.3 Å². The number of aryl methyl sites for hydroxylation is 2. The van der Waals surface area contributed by atoms with Crippen LogP contribution in [0.25, 0.3) is 16.8 Å². The zero-order valence-corrected chi connectivity index (χ0v) is 21.1. The summed E-state index contributed by atoms with van der Waals surface area (Å²) >= 11 is 0. The highest BCUT2D eigenvalue weighted by molar-refractivity contribution is 5.90. The number of hydrogen-bond acceptors (Lipinski definition) is 3. The second kappa shape index (κ2) is 11.0. The van der Waals surface area contributed by atoms with Crippen LogP contribution in [-0.2, 0) is 11.3 Å². The Hall–Kier alpha value is -4.63. The molecule has 0 saturated carbocycles. The minimum absolute atomic E-state index is 0.357. The van der Waals surface area contributed by atoms with E-state index in [-0.39, 0.29) is 0 Å². The summed E-state index contributed by atoms with van der Waals surface area (Å²) in [6.45, 7) is 4.57. The van der Waals surface area contributed by atoms with Crippen molar-refractivity contribution in [2.24, 2.45) is 0 Å². The first kappa shape index (κ1) is 24.1. The summed E-state index contributed by atoms with van der Waals surface area (Å²) in [6, 6.07) is 37.7. The summed E-state index contributed by atoms with van der Waals surface area (Å²) < 4.78 is 5.70. The predicted molar refractivity (Wildman–Crippen MR) is 154 cm³/mol. The molecule has 0 aliphatic rings. The van der Waals surface area contributed by atoms with Crippen LogP contribution in [0.15, 0.2) is 115 Å². The fraction of sp³-hybridized carbons (Fsp3) is 0.0882. The Morgan fingerprint density at radius 3 is 1.95 bits per heavy atom. The molecule has 0 heterocycles. The normalized spacial score (nSPS) is 11.1. The molecule has 0 saturated heterocycles. The van der Waals surface area contributed by atoms with Gasteiger partial charge in [0.05, 0.1) is 6.26 Å². The van der Waals surface area contributed by atoms with Crippen molar-refractivity contribution in [3.05, 3.63) is 143 Å². The number of carbonyl (C=O) groups is 1. The van der Waals surface area contributed by atoms with Gasteiger partial charge >= 0.3 is 0 Å². The number of hydrogen-bond donors (Lipinski definition) is 0. The Balaban J connectivity index is 1.39. The maximum atomic E-state index is 11.2. The van der Waals surface area contributed by atoms with Crippen molar-refractivity contribution < 1.29 is 9.53 Å². The highest BCUT2D eigenvalue weighted by Crippen LogP contribution is 2.36. The summed E-state index contributed by atoms with van der Waals surface area (Å²) in [5.41, 5.74) is 8.43. The van der Waals surface area contributed by atoms with Crippen molar-refractivity contribution in [1.29, 1.82) is 0 Å². The lowest BCUT2D eigenvalue weighted by molar-refractivity contribution is 0.112. The maximum Gasteiger partial charge on any atom is 0.150 e. The lowest BCUT2D eigenvalue weighted by Gasteiger charge is -2.26. The number of rotatable bonds is 8. The Labute approximate surface area is 218 Å². The first-order valence-corrected chi connectivity index (χ1v) is 12.4. The molecule has 0 aliphatic heterocycles. The van der Waals surface area contributed by atoms with Gasteiger partial charge in [0.2, 0.25) is 0 Å². The molecule has 0 fully saturated rings. The van der Waals surface area contributed by atoms with Gasteiger partial charge in [-0.2, -0.15) is 0 Å². The summed E-state index contributed by atoms with van der Waals surface area (Å²) in [5, 5.41) is 2.32. The van der Waals surface area contributed by atoms with E-state index in [4.69, 9.17) is 4.74 Å². The first-order valence-electron chi connectivity index (χ1n) is 12.4. The van der Waals surface area contributed by atoms with Gasteiger partial charge in [-0.15, -0.1) is 0 Å². The molecule has 5 rings (SSSR count). The second-order valence-electron chi connectivity index (χ2n) is 9.23. The molecular formula is C34H29NO2. The Morgan fingerprint density at radius 1 is 0.676 bits per heavy atom. The van der Waals surface area contributed by atoms with Crippen LogP contribution in [0.3, 0.4) is 0 Å². The highest BCUT2D eigenvalue weighted by Gasteiger charge is 2.13. The van der Waals surface area contributed by atoms with Crippen LogP contribution < -0.4 is 4.90 Å². The molecule has 0 aliphatic carbocycles. The standard InChI is InChI=1S/C34H29NO2/c1-25-7-14-32(15-8-25)35(33-16-9-26(2)10-17-33)34-18-13-28-21-27(11-12-29(28)22-34)19-20-37-24-31-6-4-3-5-30(31)23-36/h3-23H,24H2,1-2H3. The quantitative estimate of drug-likeness (QED) is 0.163. The van der Waals surface area contributed by atoms with E-state index in [0.717, 1.165) is 39.9 Å². The van der Waals surface area contributed by atoms with E-state index in [1.807, 2.05) is 24.3 Å². The van der Waals surface area contributed by atoms with E-state index >= 15 is 0 Å². The molecule has 37 heavy (non-hydrogen) atoms. The molecule has 0 unspecified atom stereocenters. The lowest BCUT2D eigenvalue weighted by atomic mass is 10.0. The fourth-order valence-corrected chi connectivity index (χ4v) is 4.37. The monoisotopic (exact) mass is 483 g/mol. The highest BCUT2D eigenvalue weighted by atomic mass is 16.5. The van der Waals surface area contributed by atoms with Crippen LogP contribution in [0, 0.1) is 13.8 Å². The van der Waals surface area contributed by atoms with Crippen LogP contribution in [0.1, 0.15) is 32.6 Å². The molecule has 0 spiro atoms. The molecule has 0 atom stereocenters. The van der Waals surface area contributed by atoms with Gasteiger partial charge in [0.15, 0.2) is 0 Å². The predicted octanol–water partition coefficient (Wildman–Crippen LogP) is 8.93. The van der Waals surface area contributed by atoms with Crippen molar-refractivity contribution in [3.8, 4) is 0 Å². The topological polar surface area (TPSA) is 29.5 Å². The molecule has 3 heteroatoms. The SMILES string of the molecule is Cc1ccc(N(c2ccc(C)cc2)c2ccc3cc(C=COCc4ccccc4C=O)ccc3c2)cc1. The van der Waals surface area contributed by atoms with Crippen LogP contribution in [0.4, 0.5) is 17.1 Å². The largest absolute Gasteiger partial charge is 0.496 e. The summed E-state index contributed by atoms with van der Waals surface area (Å²) in [7, 11) is 0. The molecule has 5 aromatic rings. The van der Waals surface area contributed by atoms with Gasteiger partial charge in [-0.25, -0.2) is 0 Å². The van der Waals surface area contributed by atoms with Crippen molar-refractivity contribution in [3.63, 3.8) is 0 Å². The van der Waals surface area contributed by atoms with Gasteiger partial charge in [0.25, 0.3) is 0 Å². The van der Waals surface area contributed by atoms with Gasteiger partial charge in [0.1, 0.15) is 12.9 Å². The molecule has 5 aromatic carbocycles. The van der Waals surface area contributed by atoms with Crippen LogP contribution >= 0.6 is 0 Å². The first-order chi connectivity index (χ1) is 18.1. The van der Waals surface area contributed by atoms with E-state index in [2.05, 4.69) is 104 Å². The van der Waals surface area contributed by atoms with Gasteiger partial charge in [-0.3, -0.25) is 4.79 Å². The maximum absolute atomic E-state index is 11.2. The van der Waals surface area contributed by atoms with Crippen molar-refractivity contribution in [2.45, 2.75) is 20.5 Å². The Bertz CT molecular complexity index is 1500. The molecule has 0 amide bonds. The van der Waals surface area contributed by atoms with Crippen molar-refractivity contribution in [2.75, 3.05) is 4.90 Å². The number of nitrogens with zero attached hydrogens (tertiary/aromatic N) is 1. The molecule has 182 valence electrons. The third-order valence-electron chi connectivity index (χ3n) is 6.47. The van der Waals surface area contributed by atoms with Gasteiger partial charge < -0.3 is 9.64 Å². The van der Waals surface area contributed by atoms with E-state index in [9.17, 15) is 4.79 Å². The zero-order valence-electron chi connectivity index (χ0n) is 21.1. The third kappa shape index (κ3) is 5.62. The molecule has 3 nitrogen and oxygen atoms in total. The molecule has 0 N–H and O–H groups in total. The van der Waals surface area contributed by atoms with Crippen molar-refractivity contribution >= 4 is 40.2 Å². The van der Waals surface area contributed by atoms with Crippen LogP contribution in [0.5, 0.6) is 0 Å². The number of benzene rings is 5. The van der Waals surface area contributed by atoms with E-state index in [1.165, 1.54) is 16.5 Å². The van der Waals surface area contributed by atoms with E-state index in [0.29, 0.717) is 12.2 Å². The molecular weight excluding hydrogens is 454 g/mol. The minimum atomic E-state index is 0.357. The third-order valence-corrected chi connectivity index (χ3v) is 6.47. The lowest BCUT2D eigenvalue weighted by Crippen LogP contribution is -2.09.